The van der Waals surface area contributed by atoms with Gasteiger partial charge in [0.25, 0.3) is 0 Å². The van der Waals surface area contributed by atoms with Crippen LogP contribution in [0, 0.1) is 5.41 Å². The van der Waals surface area contributed by atoms with E-state index in [0.717, 1.165) is 51.9 Å². The van der Waals surface area contributed by atoms with Crippen molar-refractivity contribution in [1.82, 2.24) is 0 Å². The predicted molar refractivity (Wildman–Crippen MR) is 121 cm³/mol. The van der Waals surface area contributed by atoms with E-state index in [9.17, 15) is 4.79 Å². The lowest BCUT2D eigenvalue weighted by atomic mass is 9.84. The van der Waals surface area contributed by atoms with E-state index in [-0.39, 0.29) is 5.12 Å². The second kappa shape index (κ2) is 15.7. The Morgan fingerprint density at radius 1 is 1.04 bits per heavy atom. The zero-order chi connectivity index (χ0) is 20.6. The van der Waals surface area contributed by atoms with Gasteiger partial charge in [0, 0.05) is 23.4 Å². The quantitative estimate of drug-likeness (QED) is 0.155. The molecule has 0 rings (SSSR count). The average Bonchev–Trinajstić information content (AvgIpc) is 2.60. The molecule has 0 amide bonds. The molecule has 160 valence electrons. The Morgan fingerprint density at radius 2 is 1.59 bits per heavy atom. The lowest BCUT2D eigenvalue weighted by molar-refractivity contribution is -0.118. The van der Waals surface area contributed by atoms with Crippen molar-refractivity contribution < 1.29 is 14.4 Å². The summed E-state index contributed by atoms with van der Waals surface area (Å²) in [5.74, 6) is 0. The summed E-state index contributed by atoms with van der Waals surface area (Å²) in [4.78, 5) is 17.3. The van der Waals surface area contributed by atoms with Crippen LogP contribution in [0.3, 0.4) is 0 Å². The van der Waals surface area contributed by atoms with Gasteiger partial charge in [-0.1, -0.05) is 43.6 Å². The first-order valence-corrected chi connectivity index (χ1v) is 11.7. The van der Waals surface area contributed by atoms with E-state index in [4.69, 9.17) is 15.3 Å². The molecule has 5 nitrogen and oxygen atoms in total. The van der Waals surface area contributed by atoms with Crippen molar-refractivity contribution in [3.05, 3.63) is 0 Å². The summed E-state index contributed by atoms with van der Waals surface area (Å²) in [7, 11) is 0. The maximum atomic E-state index is 12.0. The molecule has 0 aromatic heterocycles. The maximum Gasteiger partial charge on any atom is 0.194 e. The third-order valence-electron chi connectivity index (χ3n) is 4.21. The summed E-state index contributed by atoms with van der Waals surface area (Å²) in [6, 6.07) is 0. The third kappa shape index (κ3) is 15.4. The molecule has 1 unspecified atom stereocenters. The summed E-state index contributed by atoms with van der Waals surface area (Å²) in [6.07, 6.45) is 11.8. The van der Waals surface area contributed by atoms with Crippen LogP contribution in [0.25, 0.3) is 0 Å². The molecule has 0 aliphatic heterocycles. The Morgan fingerprint density at radius 3 is 2.19 bits per heavy atom. The van der Waals surface area contributed by atoms with Crippen molar-refractivity contribution in [2.75, 3.05) is 32.6 Å². The van der Waals surface area contributed by atoms with Crippen LogP contribution >= 0.6 is 24.4 Å². The minimum absolute atomic E-state index is 0.162. The predicted octanol–water partition coefficient (Wildman–Crippen LogP) is 4.69. The number of nitrogens with zero attached hydrogens (tertiary/aromatic N) is 1. The fourth-order valence-electron chi connectivity index (χ4n) is 2.84. The van der Waals surface area contributed by atoms with E-state index in [1.807, 2.05) is 27.0 Å². The Bertz CT molecular complexity index is 416. The van der Waals surface area contributed by atoms with Gasteiger partial charge in [0.05, 0.1) is 6.21 Å². The van der Waals surface area contributed by atoms with E-state index < -0.39 is 10.2 Å². The molecule has 0 saturated carbocycles. The van der Waals surface area contributed by atoms with Gasteiger partial charge < -0.3 is 15.3 Å². The smallest absolute Gasteiger partial charge is 0.194 e. The van der Waals surface area contributed by atoms with E-state index in [1.54, 1.807) is 6.21 Å². The van der Waals surface area contributed by atoms with Crippen molar-refractivity contribution in [1.29, 1.82) is 0 Å². The van der Waals surface area contributed by atoms with E-state index >= 15 is 0 Å². The molecule has 0 radical (unpaired) electrons. The van der Waals surface area contributed by atoms with Gasteiger partial charge in [-0.05, 0) is 58.2 Å². The highest BCUT2D eigenvalue weighted by molar-refractivity contribution is 8.13. The van der Waals surface area contributed by atoms with Crippen LogP contribution in [0.4, 0.5) is 0 Å². The zero-order valence-corrected chi connectivity index (χ0v) is 19.4. The van der Waals surface area contributed by atoms with Crippen molar-refractivity contribution in [2.24, 2.45) is 16.3 Å². The molecule has 0 aromatic rings. The number of carbonyl (C=O) groups excluding carboxylic acids is 1. The summed E-state index contributed by atoms with van der Waals surface area (Å²) in [5.41, 5.74) is 5.02. The lowest BCUT2D eigenvalue weighted by Gasteiger charge is -2.29. The normalized spacial score (nSPS) is 14.4. The van der Waals surface area contributed by atoms with Crippen LogP contribution in [0.1, 0.15) is 72.1 Å². The molecule has 0 aliphatic carbocycles. The first-order chi connectivity index (χ1) is 12.7. The highest BCUT2D eigenvalue weighted by Crippen LogP contribution is 2.34. The van der Waals surface area contributed by atoms with Gasteiger partial charge in [0.1, 0.15) is 6.61 Å². The molecule has 2 N–H and O–H groups in total. The molecule has 7 heteroatoms. The average molecular weight is 421 g/mol. The second-order valence-electron chi connectivity index (χ2n) is 7.85. The number of oxime groups is 1. The fraction of sp³-hybridized carbons (Fsp3) is 0.900. The standard InChI is InChI=1S/C20H40N2O3S2/c1-19(2,18(23)27-4)16-20(3,26)17-22-25-15-11-7-10-14-24-13-9-6-5-8-12-21/h17,26H,5-16,21H2,1-4H3/b22-17+. The molecule has 0 heterocycles. The largest absolute Gasteiger partial charge is 0.396 e. The molecule has 0 bridgehead atoms. The van der Waals surface area contributed by atoms with Gasteiger partial charge >= 0.3 is 0 Å². The van der Waals surface area contributed by atoms with E-state index in [2.05, 4.69) is 17.8 Å². The van der Waals surface area contributed by atoms with Crippen LogP contribution in [0.15, 0.2) is 5.16 Å². The van der Waals surface area contributed by atoms with Gasteiger partial charge in [-0.25, -0.2) is 0 Å². The molecule has 0 aromatic carbocycles. The molecular weight excluding hydrogens is 380 g/mol. The van der Waals surface area contributed by atoms with Gasteiger partial charge in [0.15, 0.2) is 5.12 Å². The number of rotatable bonds is 17. The molecule has 0 aliphatic rings. The SMILES string of the molecule is CSC(=O)C(C)(C)CC(C)(S)/C=N/OCCCCCOCCCCCCN. The Hall–Kier alpha value is -0.240. The number of nitrogens with two attached hydrogens (primary N) is 1. The summed E-state index contributed by atoms with van der Waals surface area (Å²) in [5, 5.41) is 4.20. The van der Waals surface area contributed by atoms with Gasteiger partial charge in [-0.2, -0.15) is 12.6 Å². The number of carbonyl (C=O) groups is 1. The number of unbranched alkanes of at least 4 members (excludes halogenated alkanes) is 5. The third-order valence-corrected chi connectivity index (χ3v) is 5.41. The Balaban J connectivity index is 3.67. The molecule has 0 spiro atoms. The van der Waals surface area contributed by atoms with E-state index in [1.165, 1.54) is 24.6 Å². The summed E-state index contributed by atoms with van der Waals surface area (Å²) in [6.45, 7) is 8.87. The number of hydrogen-bond donors (Lipinski definition) is 2. The van der Waals surface area contributed by atoms with Crippen molar-refractivity contribution in [2.45, 2.75) is 76.9 Å². The van der Waals surface area contributed by atoms with Crippen LogP contribution in [0.5, 0.6) is 0 Å². The van der Waals surface area contributed by atoms with Crippen LogP contribution < -0.4 is 5.73 Å². The maximum absolute atomic E-state index is 12.0. The first-order valence-electron chi connectivity index (χ1n) is 10.0. The Labute approximate surface area is 176 Å². The topological polar surface area (TPSA) is 73.9 Å². The second-order valence-corrected chi connectivity index (χ2v) is 9.65. The highest BCUT2D eigenvalue weighted by atomic mass is 32.2. The minimum Gasteiger partial charge on any atom is -0.396 e. The van der Waals surface area contributed by atoms with Crippen LogP contribution in [0.2, 0.25) is 0 Å². The van der Waals surface area contributed by atoms with Gasteiger partial charge in [0.2, 0.25) is 0 Å². The van der Waals surface area contributed by atoms with Crippen molar-refractivity contribution >= 4 is 35.7 Å². The summed E-state index contributed by atoms with van der Waals surface area (Å²) >= 11 is 5.88. The molecular formula is C20H40N2O3S2. The molecule has 0 fully saturated rings. The van der Waals surface area contributed by atoms with Crippen molar-refractivity contribution in [3.8, 4) is 0 Å². The fourth-order valence-corrected chi connectivity index (χ4v) is 3.91. The highest BCUT2D eigenvalue weighted by Gasteiger charge is 2.34. The zero-order valence-electron chi connectivity index (χ0n) is 17.7. The minimum atomic E-state index is -0.479. The number of thiol groups is 1. The molecule has 1 atom stereocenters. The van der Waals surface area contributed by atoms with Gasteiger partial charge in [-0.3, -0.25) is 4.79 Å². The first kappa shape index (κ1) is 26.8. The molecule has 0 saturated heterocycles. The van der Waals surface area contributed by atoms with Gasteiger partial charge in [-0.15, -0.1) is 0 Å². The van der Waals surface area contributed by atoms with Crippen molar-refractivity contribution in [3.63, 3.8) is 0 Å². The number of ether oxygens (including phenoxy) is 1. The number of thioether (sulfide) groups is 1. The Kier molecular flexibility index (Phi) is 15.5. The molecule has 27 heavy (non-hydrogen) atoms. The van der Waals surface area contributed by atoms with E-state index in [0.29, 0.717) is 13.0 Å². The lowest BCUT2D eigenvalue weighted by Crippen LogP contribution is -2.32. The van der Waals surface area contributed by atoms with Crippen LogP contribution in [-0.2, 0) is 14.4 Å². The number of hydrogen-bond acceptors (Lipinski definition) is 7. The van der Waals surface area contributed by atoms with Crippen LogP contribution in [-0.4, -0.2) is 48.7 Å². The summed E-state index contributed by atoms with van der Waals surface area (Å²) < 4.78 is 5.14. The monoisotopic (exact) mass is 420 g/mol.